The van der Waals surface area contributed by atoms with E-state index in [-0.39, 0.29) is 17.9 Å². The number of aryl methyl sites for hydroxylation is 1. The summed E-state index contributed by atoms with van der Waals surface area (Å²) < 4.78 is 1.73. The maximum absolute atomic E-state index is 11.7. The normalized spacial score (nSPS) is 14.5. The van der Waals surface area contributed by atoms with Crippen LogP contribution in [0.4, 0.5) is 0 Å². The second-order valence-electron chi connectivity index (χ2n) is 4.14. The van der Waals surface area contributed by atoms with Crippen molar-refractivity contribution < 1.29 is 4.79 Å². The molecule has 1 heterocycles. The van der Waals surface area contributed by atoms with Crippen LogP contribution in [0.25, 0.3) is 0 Å². The first-order valence-corrected chi connectivity index (χ1v) is 5.48. The van der Waals surface area contributed by atoms with Crippen LogP contribution in [0, 0.1) is 5.92 Å². The molecule has 1 amide bonds. The summed E-state index contributed by atoms with van der Waals surface area (Å²) in [6.45, 7) is 4.55. The number of carbonyl (C=O) groups excluding carboxylic acids is 1. The Bertz CT molecular complexity index is 348. The first kappa shape index (κ1) is 12.7. The van der Waals surface area contributed by atoms with E-state index in [9.17, 15) is 4.79 Å². The number of aromatic nitrogens is 2. The average molecular weight is 224 g/mol. The van der Waals surface area contributed by atoms with E-state index < -0.39 is 0 Å². The van der Waals surface area contributed by atoms with Crippen molar-refractivity contribution in [2.75, 3.05) is 13.6 Å². The van der Waals surface area contributed by atoms with E-state index in [1.807, 2.05) is 34.1 Å². The van der Waals surface area contributed by atoms with Gasteiger partial charge < -0.3 is 10.6 Å². The van der Waals surface area contributed by atoms with Crippen LogP contribution in [0.3, 0.4) is 0 Å². The topological polar surface area (TPSA) is 59.0 Å². The van der Waals surface area contributed by atoms with Gasteiger partial charge in [0.1, 0.15) is 0 Å². The van der Waals surface area contributed by atoms with Crippen LogP contribution >= 0.6 is 0 Å². The summed E-state index contributed by atoms with van der Waals surface area (Å²) in [7, 11) is 3.70. The minimum absolute atomic E-state index is 0.000469. The van der Waals surface area contributed by atoms with Crippen LogP contribution < -0.4 is 10.6 Å². The van der Waals surface area contributed by atoms with Crippen LogP contribution in [-0.2, 0) is 11.8 Å². The van der Waals surface area contributed by atoms with Gasteiger partial charge in [-0.05, 0) is 14.0 Å². The molecule has 1 rings (SSSR count). The molecule has 16 heavy (non-hydrogen) atoms. The molecule has 0 radical (unpaired) electrons. The van der Waals surface area contributed by atoms with E-state index in [4.69, 9.17) is 0 Å². The lowest BCUT2D eigenvalue weighted by molar-refractivity contribution is -0.125. The zero-order valence-corrected chi connectivity index (χ0v) is 10.3. The average Bonchev–Trinajstić information content (AvgIpc) is 2.65. The molecule has 0 aliphatic carbocycles. The van der Waals surface area contributed by atoms with Gasteiger partial charge in [-0.15, -0.1) is 0 Å². The molecule has 0 saturated heterocycles. The van der Waals surface area contributed by atoms with Crippen molar-refractivity contribution in [1.29, 1.82) is 0 Å². The molecule has 1 aromatic rings. The lowest BCUT2D eigenvalue weighted by atomic mass is 10.1. The molecular formula is C11H20N4O. The van der Waals surface area contributed by atoms with E-state index in [1.165, 1.54) is 0 Å². The van der Waals surface area contributed by atoms with Gasteiger partial charge in [-0.3, -0.25) is 9.48 Å². The number of hydrogen-bond acceptors (Lipinski definition) is 3. The van der Waals surface area contributed by atoms with Gasteiger partial charge in [0.15, 0.2) is 0 Å². The fourth-order valence-corrected chi connectivity index (χ4v) is 1.50. The molecule has 2 atom stereocenters. The monoisotopic (exact) mass is 224 g/mol. The van der Waals surface area contributed by atoms with Gasteiger partial charge >= 0.3 is 0 Å². The Morgan fingerprint density at radius 1 is 1.56 bits per heavy atom. The SMILES string of the molecule is CNCC(C)C(=O)NC(C)c1cnn(C)c1. The summed E-state index contributed by atoms with van der Waals surface area (Å²) in [5.74, 6) is 0.0369. The third-order valence-electron chi connectivity index (χ3n) is 2.54. The van der Waals surface area contributed by atoms with Crippen molar-refractivity contribution in [3.63, 3.8) is 0 Å². The maximum atomic E-state index is 11.7. The maximum Gasteiger partial charge on any atom is 0.224 e. The Morgan fingerprint density at radius 2 is 2.25 bits per heavy atom. The molecule has 5 heteroatoms. The van der Waals surface area contributed by atoms with E-state index in [0.29, 0.717) is 6.54 Å². The molecule has 0 aliphatic rings. The zero-order chi connectivity index (χ0) is 12.1. The first-order valence-electron chi connectivity index (χ1n) is 5.48. The lowest BCUT2D eigenvalue weighted by Gasteiger charge is -2.16. The van der Waals surface area contributed by atoms with E-state index >= 15 is 0 Å². The van der Waals surface area contributed by atoms with Crippen molar-refractivity contribution in [3.05, 3.63) is 18.0 Å². The molecule has 2 unspecified atom stereocenters. The number of nitrogens with zero attached hydrogens (tertiary/aromatic N) is 2. The minimum atomic E-state index is -0.0240. The van der Waals surface area contributed by atoms with Crippen LogP contribution in [-0.4, -0.2) is 29.3 Å². The standard InChI is InChI=1S/C11H20N4O/c1-8(5-12-3)11(16)14-9(2)10-6-13-15(4)7-10/h6-9,12H,5H2,1-4H3,(H,14,16). The summed E-state index contributed by atoms with van der Waals surface area (Å²) in [5.41, 5.74) is 1.02. The molecule has 1 aromatic heterocycles. The van der Waals surface area contributed by atoms with Gasteiger partial charge in [0.25, 0.3) is 0 Å². The molecule has 0 saturated carbocycles. The summed E-state index contributed by atoms with van der Waals surface area (Å²) in [5, 5.41) is 10.0. The Morgan fingerprint density at radius 3 is 2.75 bits per heavy atom. The molecule has 90 valence electrons. The van der Waals surface area contributed by atoms with Crippen molar-refractivity contribution in [2.45, 2.75) is 19.9 Å². The molecule has 2 N–H and O–H groups in total. The van der Waals surface area contributed by atoms with Crippen molar-refractivity contribution in [1.82, 2.24) is 20.4 Å². The Labute approximate surface area is 96.2 Å². The minimum Gasteiger partial charge on any atom is -0.349 e. The first-order chi connectivity index (χ1) is 7.54. The van der Waals surface area contributed by atoms with Gasteiger partial charge in [-0.25, -0.2) is 0 Å². The second-order valence-corrected chi connectivity index (χ2v) is 4.14. The fourth-order valence-electron chi connectivity index (χ4n) is 1.50. The predicted octanol–water partition coefficient (Wildman–Crippen LogP) is 0.453. The van der Waals surface area contributed by atoms with E-state index in [2.05, 4.69) is 15.7 Å². The number of carbonyl (C=O) groups is 1. The predicted molar refractivity (Wildman–Crippen MR) is 62.9 cm³/mol. The molecule has 0 bridgehead atoms. The van der Waals surface area contributed by atoms with Crippen molar-refractivity contribution in [3.8, 4) is 0 Å². The largest absolute Gasteiger partial charge is 0.349 e. The number of hydrogen-bond donors (Lipinski definition) is 2. The van der Waals surface area contributed by atoms with Crippen LogP contribution in [0.2, 0.25) is 0 Å². The van der Waals surface area contributed by atoms with Crippen molar-refractivity contribution >= 4 is 5.91 Å². The zero-order valence-electron chi connectivity index (χ0n) is 10.3. The summed E-state index contributed by atoms with van der Waals surface area (Å²) in [4.78, 5) is 11.7. The van der Waals surface area contributed by atoms with Gasteiger partial charge in [0.05, 0.1) is 12.2 Å². The molecule has 0 spiro atoms. The smallest absolute Gasteiger partial charge is 0.224 e. The summed E-state index contributed by atoms with van der Waals surface area (Å²) >= 11 is 0. The van der Waals surface area contributed by atoms with Crippen molar-refractivity contribution in [2.24, 2.45) is 13.0 Å². The number of nitrogens with one attached hydrogen (secondary N) is 2. The summed E-state index contributed by atoms with van der Waals surface area (Å²) in [6, 6.07) is 0.000469. The molecule has 0 aromatic carbocycles. The highest BCUT2D eigenvalue weighted by Crippen LogP contribution is 2.11. The highest BCUT2D eigenvalue weighted by molar-refractivity contribution is 5.78. The highest BCUT2D eigenvalue weighted by Gasteiger charge is 2.15. The van der Waals surface area contributed by atoms with Crippen LogP contribution in [0.5, 0.6) is 0 Å². The van der Waals surface area contributed by atoms with Crippen LogP contribution in [0.15, 0.2) is 12.4 Å². The molecule has 0 fully saturated rings. The highest BCUT2D eigenvalue weighted by atomic mass is 16.1. The third-order valence-corrected chi connectivity index (χ3v) is 2.54. The molecule has 5 nitrogen and oxygen atoms in total. The Kier molecular flexibility index (Phi) is 4.49. The van der Waals surface area contributed by atoms with E-state index in [1.54, 1.807) is 10.9 Å². The molecular weight excluding hydrogens is 204 g/mol. The Hall–Kier alpha value is -1.36. The second kappa shape index (κ2) is 5.65. The fraction of sp³-hybridized carbons (Fsp3) is 0.636. The van der Waals surface area contributed by atoms with Gasteiger partial charge in [0, 0.05) is 31.3 Å². The third kappa shape index (κ3) is 3.34. The summed E-state index contributed by atoms with van der Waals surface area (Å²) in [6.07, 6.45) is 3.68. The molecule has 0 aliphatic heterocycles. The van der Waals surface area contributed by atoms with E-state index in [0.717, 1.165) is 5.56 Å². The van der Waals surface area contributed by atoms with Gasteiger partial charge in [0.2, 0.25) is 5.91 Å². The quantitative estimate of drug-likeness (QED) is 0.763. The van der Waals surface area contributed by atoms with Gasteiger partial charge in [-0.2, -0.15) is 5.10 Å². The Balaban J connectivity index is 2.51. The lowest BCUT2D eigenvalue weighted by Crippen LogP contribution is -2.35. The van der Waals surface area contributed by atoms with Crippen LogP contribution in [0.1, 0.15) is 25.5 Å². The number of amides is 1. The number of rotatable bonds is 5. The van der Waals surface area contributed by atoms with Gasteiger partial charge in [-0.1, -0.05) is 6.92 Å².